The number of carbonyl (C=O) groups excluding carboxylic acids is 2. The molecule has 3 rings (SSSR count). The van der Waals surface area contributed by atoms with Gasteiger partial charge < -0.3 is 10.1 Å². The number of benzene rings is 1. The number of hydrogen-bond acceptors (Lipinski definition) is 8. The van der Waals surface area contributed by atoms with Crippen LogP contribution in [0.3, 0.4) is 0 Å². The van der Waals surface area contributed by atoms with Crippen LogP contribution >= 0.6 is 0 Å². The number of aryl methyl sites for hydroxylation is 2. The molecule has 0 radical (unpaired) electrons. The van der Waals surface area contributed by atoms with E-state index < -0.39 is 28.0 Å². The topological polar surface area (TPSA) is 159 Å². The average molecular weight is 446 g/mol. The van der Waals surface area contributed by atoms with Crippen molar-refractivity contribution in [2.24, 2.45) is 5.14 Å². The van der Waals surface area contributed by atoms with Gasteiger partial charge in [0.15, 0.2) is 6.10 Å². The van der Waals surface area contributed by atoms with Crippen LogP contribution < -0.4 is 10.5 Å². The largest absolute Gasteiger partial charge is 0.453 e. The zero-order valence-electron chi connectivity index (χ0n) is 17.2. The van der Waals surface area contributed by atoms with E-state index >= 15 is 0 Å². The van der Waals surface area contributed by atoms with Crippen molar-refractivity contribution in [1.29, 1.82) is 0 Å². The summed E-state index contributed by atoms with van der Waals surface area (Å²) in [5, 5.41) is 11.7. The lowest BCUT2D eigenvalue weighted by Crippen LogP contribution is -2.30. The molecule has 1 amide bonds. The summed E-state index contributed by atoms with van der Waals surface area (Å²) >= 11 is 0. The number of primary sulfonamides is 1. The number of carbonyl (C=O) groups is 2. The molecule has 2 aromatic heterocycles. The molecule has 0 saturated heterocycles. The van der Waals surface area contributed by atoms with Crippen LogP contribution in [0.5, 0.6) is 0 Å². The van der Waals surface area contributed by atoms with Crippen molar-refractivity contribution in [2.45, 2.75) is 44.6 Å². The van der Waals surface area contributed by atoms with Crippen LogP contribution in [-0.4, -0.2) is 46.0 Å². The summed E-state index contributed by atoms with van der Waals surface area (Å²) in [5.41, 5.74) is 2.64. The van der Waals surface area contributed by atoms with Crippen molar-refractivity contribution in [1.82, 2.24) is 19.6 Å². The number of ether oxygens (including phenoxy) is 1. The van der Waals surface area contributed by atoms with E-state index in [9.17, 15) is 18.0 Å². The van der Waals surface area contributed by atoms with Gasteiger partial charge in [-0.25, -0.2) is 23.1 Å². The Morgan fingerprint density at radius 3 is 2.74 bits per heavy atom. The monoisotopic (exact) mass is 446 g/mol. The Balaban J connectivity index is 1.59. The lowest BCUT2D eigenvalue weighted by molar-refractivity contribution is -0.153. The van der Waals surface area contributed by atoms with Gasteiger partial charge in [-0.05, 0) is 51.0 Å². The summed E-state index contributed by atoms with van der Waals surface area (Å²) < 4.78 is 29.7. The van der Waals surface area contributed by atoms with E-state index in [1.807, 2.05) is 13.8 Å². The van der Waals surface area contributed by atoms with Gasteiger partial charge in [0.1, 0.15) is 6.33 Å². The minimum atomic E-state index is -3.90. The Bertz CT molecular complexity index is 1250. The molecular formula is C19H22N6O5S. The summed E-state index contributed by atoms with van der Waals surface area (Å²) in [6, 6.07) is 5.47. The Morgan fingerprint density at radius 2 is 2.03 bits per heavy atom. The van der Waals surface area contributed by atoms with Crippen molar-refractivity contribution in [2.75, 3.05) is 5.32 Å². The third-order valence-corrected chi connectivity index (χ3v) is 5.59. The van der Waals surface area contributed by atoms with Crippen molar-refractivity contribution in [3.05, 3.63) is 47.5 Å². The molecule has 164 valence electrons. The first-order valence-electron chi connectivity index (χ1n) is 9.35. The van der Waals surface area contributed by atoms with Gasteiger partial charge in [-0.3, -0.25) is 9.59 Å². The molecule has 0 spiro atoms. The lowest BCUT2D eigenvalue weighted by atomic mass is 10.1. The van der Waals surface area contributed by atoms with E-state index in [0.717, 1.165) is 17.0 Å². The Kier molecular flexibility index (Phi) is 6.32. The summed E-state index contributed by atoms with van der Waals surface area (Å²) in [5.74, 6) is -0.672. The zero-order valence-corrected chi connectivity index (χ0v) is 18.0. The van der Waals surface area contributed by atoms with Crippen LogP contribution in [0.15, 0.2) is 35.5 Å². The fourth-order valence-electron chi connectivity index (χ4n) is 3.05. The second-order valence-corrected chi connectivity index (χ2v) is 8.49. The van der Waals surface area contributed by atoms with Crippen molar-refractivity contribution >= 4 is 33.4 Å². The number of nitrogens with one attached hydrogen (secondary N) is 1. The lowest BCUT2D eigenvalue weighted by Gasteiger charge is -2.15. The number of esters is 1. The van der Waals surface area contributed by atoms with Crippen LogP contribution in [0.2, 0.25) is 0 Å². The minimum Gasteiger partial charge on any atom is -0.453 e. The van der Waals surface area contributed by atoms with Crippen LogP contribution in [-0.2, 0) is 30.8 Å². The number of aromatic nitrogens is 4. The van der Waals surface area contributed by atoms with Crippen molar-refractivity contribution in [3.63, 3.8) is 0 Å². The number of nitrogens with zero attached hydrogens (tertiary/aromatic N) is 4. The number of hydrogen-bond donors (Lipinski definition) is 2. The molecule has 0 aliphatic carbocycles. The van der Waals surface area contributed by atoms with E-state index in [1.54, 1.807) is 4.52 Å². The highest BCUT2D eigenvalue weighted by Gasteiger charge is 2.20. The Labute approximate surface area is 178 Å². The fraction of sp³-hybridized carbons (Fsp3) is 0.316. The summed E-state index contributed by atoms with van der Waals surface area (Å²) in [6.07, 6.45) is 0.737. The fourth-order valence-corrected chi connectivity index (χ4v) is 3.61. The Morgan fingerprint density at radius 1 is 1.29 bits per heavy atom. The molecule has 0 bridgehead atoms. The first-order chi connectivity index (χ1) is 14.6. The highest BCUT2D eigenvalue weighted by molar-refractivity contribution is 7.89. The van der Waals surface area contributed by atoms with Gasteiger partial charge in [0.2, 0.25) is 10.0 Å². The van der Waals surface area contributed by atoms with Crippen molar-refractivity contribution < 1.29 is 22.7 Å². The van der Waals surface area contributed by atoms with E-state index in [4.69, 9.17) is 9.88 Å². The minimum absolute atomic E-state index is 0.0437. The van der Waals surface area contributed by atoms with Gasteiger partial charge in [-0.2, -0.15) is 10.1 Å². The van der Waals surface area contributed by atoms with Crippen LogP contribution in [0, 0.1) is 13.8 Å². The van der Waals surface area contributed by atoms with Gasteiger partial charge in [0, 0.05) is 23.5 Å². The molecular weight excluding hydrogens is 424 g/mol. The van der Waals surface area contributed by atoms with Gasteiger partial charge in [-0.15, -0.1) is 0 Å². The molecule has 3 N–H and O–H groups in total. The standard InChI is InChI=1S/C19H22N6O5S/c1-11-16(12(2)25-19(23-11)21-10-22-25)7-8-17(26)30-13(3)18(27)24-14-5-4-6-15(9-14)31(20,28)29/h4-6,9-10,13H,7-8H2,1-3H3,(H,24,27)(H2,20,28,29). The molecule has 0 aliphatic rings. The second kappa shape index (κ2) is 8.78. The molecule has 0 aliphatic heterocycles. The molecule has 1 unspecified atom stereocenters. The SMILES string of the molecule is Cc1nc2ncnn2c(C)c1CCC(=O)OC(C)C(=O)Nc1cccc(S(N)(=O)=O)c1. The average Bonchev–Trinajstić information content (AvgIpc) is 3.15. The molecule has 11 nitrogen and oxygen atoms in total. The maximum atomic E-state index is 12.3. The molecule has 31 heavy (non-hydrogen) atoms. The maximum Gasteiger partial charge on any atom is 0.306 e. The number of amides is 1. The third-order valence-electron chi connectivity index (χ3n) is 4.68. The van der Waals surface area contributed by atoms with Crippen LogP contribution in [0.25, 0.3) is 5.78 Å². The quantitative estimate of drug-likeness (QED) is 0.506. The first-order valence-corrected chi connectivity index (χ1v) is 10.9. The number of anilines is 1. The van der Waals surface area contributed by atoms with Crippen molar-refractivity contribution in [3.8, 4) is 0 Å². The van der Waals surface area contributed by atoms with E-state index in [-0.39, 0.29) is 17.0 Å². The summed E-state index contributed by atoms with van der Waals surface area (Å²) in [6.45, 7) is 5.12. The molecule has 1 aromatic carbocycles. The second-order valence-electron chi connectivity index (χ2n) is 6.93. The smallest absolute Gasteiger partial charge is 0.306 e. The highest BCUT2D eigenvalue weighted by atomic mass is 32.2. The molecule has 3 aromatic rings. The maximum absolute atomic E-state index is 12.3. The van der Waals surface area contributed by atoms with Gasteiger partial charge >= 0.3 is 5.97 Å². The van der Waals surface area contributed by atoms with Crippen LogP contribution in [0.4, 0.5) is 5.69 Å². The third kappa shape index (κ3) is 5.22. The normalized spacial score (nSPS) is 12.5. The highest BCUT2D eigenvalue weighted by Crippen LogP contribution is 2.17. The summed E-state index contributed by atoms with van der Waals surface area (Å²) in [7, 11) is -3.90. The molecule has 0 saturated carbocycles. The van der Waals surface area contributed by atoms with Gasteiger partial charge in [0.25, 0.3) is 11.7 Å². The van der Waals surface area contributed by atoms with E-state index in [1.165, 1.54) is 37.5 Å². The molecule has 2 heterocycles. The predicted molar refractivity (Wildman–Crippen MR) is 111 cm³/mol. The number of nitrogens with two attached hydrogens (primary N) is 1. The molecule has 12 heteroatoms. The first kappa shape index (κ1) is 22.3. The van der Waals surface area contributed by atoms with Gasteiger partial charge in [-0.1, -0.05) is 6.07 Å². The van der Waals surface area contributed by atoms with E-state index in [2.05, 4.69) is 20.4 Å². The molecule has 0 fully saturated rings. The number of rotatable bonds is 7. The number of sulfonamides is 1. The van der Waals surface area contributed by atoms with Gasteiger partial charge in [0.05, 0.1) is 4.90 Å². The van der Waals surface area contributed by atoms with Crippen LogP contribution in [0.1, 0.15) is 30.3 Å². The Hall–Kier alpha value is -3.38. The number of fused-ring (bicyclic) bond motifs is 1. The summed E-state index contributed by atoms with van der Waals surface area (Å²) in [4.78, 5) is 32.8. The zero-order chi connectivity index (χ0) is 22.8. The predicted octanol–water partition coefficient (Wildman–Crippen LogP) is 0.892. The van der Waals surface area contributed by atoms with E-state index in [0.29, 0.717) is 12.2 Å². The molecule has 1 atom stereocenters.